The van der Waals surface area contributed by atoms with Gasteiger partial charge in [0.25, 0.3) is 0 Å². The highest BCUT2D eigenvalue weighted by atomic mass is 31.2. The number of hydrogen-bond donors (Lipinski definition) is 6. The number of aliphatic hydroxyl groups is 2. The lowest BCUT2D eigenvalue weighted by Crippen LogP contribution is -2.15. The molecule has 9 heteroatoms. The number of phenols is 2. The lowest BCUT2D eigenvalue weighted by molar-refractivity contribution is 0.111. The first-order valence-electron chi connectivity index (χ1n) is 9.33. The van der Waals surface area contributed by atoms with Crippen LogP contribution in [0.15, 0.2) is 42.5 Å². The van der Waals surface area contributed by atoms with Gasteiger partial charge in [-0.05, 0) is 49.1 Å². The summed E-state index contributed by atoms with van der Waals surface area (Å²) in [6.07, 6.45) is 0.427. The molecule has 2 aromatic rings. The van der Waals surface area contributed by atoms with Crippen molar-refractivity contribution in [2.24, 2.45) is 0 Å². The molecule has 0 saturated carbocycles. The Bertz CT molecular complexity index is 833. The fourth-order valence-corrected chi connectivity index (χ4v) is 3.68. The first-order chi connectivity index (χ1) is 13.6. The Kier molecular flexibility index (Phi) is 8.07. The van der Waals surface area contributed by atoms with Crippen LogP contribution in [0.3, 0.4) is 0 Å². The molecular formula is C20H27O8P. The van der Waals surface area contributed by atoms with Gasteiger partial charge < -0.3 is 24.9 Å². The zero-order valence-electron chi connectivity index (χ0n) is 16.0. The van der Waals surface area contributed by atoms with E-state index in [4.69, 9.17) is 9.79 Å². The van der Waals surface area contributed by atoms with Crippen molar-refractivity contribution in [1.82, 2.24) is 0 Å². The number of rotatable bonds is 10. The van der Waals surface area contributed by atoms with Gasteiger partial charge in [-0.1, -0.05) is 25.5 Å². The standard InChI is InChI=1S/C20H27O8P/c1-2-3-14(21)8-10-17(13-4-6-15(22)7-5-13)20(24)18-11-9-16(23)12-19(18)28-29(25,26)27/h4-7,9,11-12,14,17,20-24H,2-3,8,10H2,1H3,(H2,25,26,27). The molecule has 0 fully saturated rings. The Morgan fingerprint density at radius 2 is 1.55 bits per heavy atom. The van der Waals surface area contributed by atoms with Crippen molar-refractivity contribution in [2.75, 3.05) is 0 Å². The SMILES string of the molecule is CCCC(O)CCC(c1ccc(O)cc1)C(O)c1ccc(O)cc1OP(=O)(O)O. The van der Waals surface area contributed by atoms with Crippen LogP contribution in [-0.4, -0.2) is 36.3 Å². The molecule has 0 saturated heterocycles. The van der Waals surface area contributed by atoms with Crippen molar-refractivity contribution in [3.05, 3.63) is 53.6 Å². The molecule has 0 aliphatic rings. The average molecular weight is 426 g/mol. The Morgan fingerprint density at radius 3 is 2.14 bits per heavy atom. The number of aromatic hydroxyl groups is 2. The lowest BCUT2D eigenvalue weighted by Gasteiger charge is -2.26. The van der Waals surface area contributed by atoms with E-state index >= 15 is 0 Å². The minimum atomic E-state index is -4.92. The molecule has 0 aromatic heterocycles. The summed E-state index contributed by atoms with van der Waals surface area (Å²) < 4.78 is 16.0. The van der Waals surface area contributed by atoms with Crippen LogP contribution < -0.4 is 4.52 Å². The van der Waals surface area contributed by atoms with Gasteiger partial charge in [-0.2, -0.15) is 0 Å². The number of phosphoric ester groups is 1. The van der Waals surface area contributed by atoms with E-state index in [1.54, 1.807) is 12.1 Å². The van der Waals surface area contributed by atoms with Crippen LogP contribution in [0.25, 0.3) is 0 Å². The maximum atomic E-state index is 11.3. The summed E-state index contributed by atoms with van der Waals surface area (Å²) in [6.45, 7) is 1.96. The first-order valence-corrected chi connectivity index (χ1v) is 10.9. The van der Waals surface area contributed by atoms with E-state index in [9.17, 15) is 25.0 Å². The van der Waals surface area contributed by atoms with Gasteiger partial charge in [0.15, 0.2) is 0 Å². The van der Waals surface area contributed by atoms with Crippen molar-refractivity contribution in [2.45, 2.75) is 50.7 Å². The topological polar surface area (TPSA) is 148 Å². The van der Waals surface area contributed by atoms with Crippen LogP contribution in [0, 0.1) is 0 Å². The molecule has 0 amide bonds. The van der Waals surface area contributed by atoms with E-state index in [2.05, 4.69) is 4.52 Å². The third-order valence-corrected chi connectivity index (χ3v) is 5.10. The number of hydrogen-bond acceptors (Lipinski definition) is 6. The number of benzene rings is 2. The Morgan fingerprint density at radius 1 is 0.931 bits per heavy atom. The highest BCUT2D eigenvalue weighted by molar-refractivity contribution is 7.46. The molecule has 160 valence electrons. The zero-order valence-corrected chi connectivity index (χ0v) is 16.9. The minimum absolute atomic E-state index is 0.0585. The second-order valence-electron chi connectivity index (χ2n) is 6.97. The first kappa shape index (κ1) is 23.2. The summed E-state index contributed by atoms with van der Waals surface area (Å²) in [5.74, 6) is -1.10. The predicted octanol–water partition coefficient (Wildman–Crippen LogP) is 3.33. The van der Waals surface area contributed by atoms with Gasteiger partial charge in [0, 0.05) is 17.5 Å². The molecule has 0 bridgehead atoms. The van der Waals surface area contributed by atoms with Crippen molar-refractivity contribution in [1.29, 1.82) is 0 Å². The molecule has 29 heavy (non-hydrogen) atoms. The normalized spacial score (nSPS) is 14.9. The summed E-state index contributed by atoms with van der Waals surface area (Å²) in [7, 11) is -4.92. The molecule has 0 aliphatic carbocycles. The van der Waals surface area contributed by atoms with E-state index in [0.29, 0.717) is 24.8 Å². The minimum Gasteiger partial charge on any atom is -0.508 e. The average Bonchev–Trinajstić information content (AvgIpc) is 2.62. The third kappa shape index (κ3) is 7.03. The molecule has 3 unspecified atom stereocenters. The van der Waals surface area contributed by atoms with Crippen LogP contribution in [0.4, 0.5) is 0 Å². The smallest absolute Gasteiger partial charge is 0.508 e. The molecule has 0 aliphatic heterocycles. The van der Waals surface area contributed by atoms with Gasteiger partial charge in [0.1, 0.15) is 17.2 Å². The van der Waals surface area contributed by atoms with Crippen LogP contribution in [0.2, 0.25) is 0 Å². The molecule has 0 spiro atoms. The van der Waals surface area contributed by atoms with E-state index in [1.165, 1.54) is 24.3 Å². The zero-order chi connectivity index (χ0) is 21.6. The quantitative estimate of drug-likeness (QED) is 0.317. The van der Waals surface area contributed by atoms with Crippen LogP contribution >= 0.6 is 7.82 Å². The molecular weight excluding hydrogens is 399 g/mol. The summed E-state index contributed by atoms with van der Waals surface area (Å²) >= 11 is 0. The Labute approximate surface area is 169 Å². The second-order valence-corrected chi connectivity index (χ2v) is 8.13. The van der Waals surface area contributed by atoms with E-state index in [-0.39, 0.29) is 22.8 Å². The second kappa shape index (κ2) is 10.1. The van der Waals surface area contributed by atoms with E-state index < -0.39 is 25.9 Å². The maximum Gasteiger partial charge on any atom is 0.524 e. The van der Waals surface area contributed by atoms with Gasteiger partial charge >= 0.3 is 7.82 Å². The highest BCUT2D eigenvalue weighted by Gasteiger charge is 2.29. The van der Waals surface area contributed by atoms with Gasteiger partial charge in [0.2, 0.25) is 0 Å². The van der Waals surface area contributed by atoms with Gasteiger partial charge in [0.05, 0.1) is 12.2 Å². The molecule has 0 heterocycles. The van der Waals surface area contributed by atoms with Gasteiger partial charge in [-0.3, -0.25) is 9.79 Å². The summed E-state index contributed by atoms with van der Waals surface area (Å²) in [4.78, 5) is 18.3. The van der Waals surface area contributed by atoms with Crippen LogP contribution in [0.1, 0.15) is 55.8 Å². The van der Waals surface area contributed by atoms with Gasteiger partial charge in [-0.25, -0.2) is 4.57 Å². The van der Waals surface area contributed by atoms with Crippen LogP contribution in [-0.2, 0) is 4.57 Å². The van der Waals surface area contributed by atoms with E-state index in [1.807, 2.05) is 6.92 Å². The number of aliphatic hydroxyl groups excluding tert-OH is 2. The highest BCUT2D eigenvalue weighted by Crippen LogP contribution is 2.45. The van der Waals surface area contributed by atoms with E-state index in [0.717, 1.165) is 12.5 Å². The van der Waals surface area contributed by atoms with Crippen molar-refractivity contribution in [3.8, 4) is 17.2 Å². The number of phosphoric acid groups is 1. The maximum absolute atomic E-state index is 11.3. The van der Waals surface area contributed by atoms with Gasteiger partial charge in [-0.15, -0.1) is 0 Å². The fraction of sp³-hybridized carbons (Fsp3) is 0.400. The number of phenolic OH excluding ortho intramolecular Hbond substituents is 2. The lowest BCUT2D eigenvalue weighted by atomic mass is 9.84. The summed E-state index contributed by atoms with van der Waals surface area (Å²) in [5, 5.41) is 40.4. The molecule has 6 N–H and O–H groups in total. The van der Waals surface area contributed by atoms with Crippen molar-refractivity contribution in [3.63, 3.8) is 0 Å². The molecule has 3 atom stereocenters. The summed E-state index contributed by atoms with van der Waals surface area (Å²) in [5.41, 5.74) is 0.767. The Hall–Kier alpha value is -2.09. The molecule has 2 rings (SSSR count). The predicted molar refractivity (Wildman–Crippen MR) is 107 cm³/mol. The molecule has 2 aromatic carbocycles. The fourth-order valence-electron chi connectivity index (χ4n) is 3.27. The Balaban J connectivity index is 2.39. The third-order valence-electron chi connectivity index (χ3n) is 4.67. The monoisotopic (exact) mass is 426 g/mol. The van der Waals surface area contributed by atoms with Crippen LogP contribution in [0.5, 0.6) is 17.2 Å². The molecule has 8 nitrogen and oxygen atoms in total. The van der Waals surface area contributed by atoms with Crippen molar-refractivity contribution < 1.29 is 39.3 Å². The molecule has 0 radical (unpaired) electrons. The van der Waals surface area contributed by atoms with Crippen molar-refractivity contribution >= 4 is 7.82 Å². The largest absolute Gasteiger partial charge is 0.524 e. The summed E-state index contributed by atoms with van der Waals surface area (Å²) in [6, 6.07) is 9.87.